The second kappa shape index (κ2) is 5.49. The standard InChI is InChI=1S/C9H15F3N2O2/c1-16-7-2-6(3-7)13-4-8(15)14-5-9(10,11)12/h6-7,13H,2-5H2,1H3,(H,14,15). The lowest BCUT2D eigenvalue weighted by atomic mass is 9.89. The smallest absolute Gasteiger partial charge is 0.381 e. The van der Waals surface area contributed by atoms with Crippen LogP contribution in [-0.2, 0) is 9.53 Å². The largest absolute Gasteiger partial charge is 0.405 e. The molecule has 7 heteroatoms. The van der Waals surface area contributed by atoms with Gasteiger partial charge in [0.2, 0.25) is 5.91 Å². The topological polar surface area (TPSA) is 50.4 Å². The van der Waals surface area contributed by atoms with Gasteiger partial charge in [-0.1, -0.05) is 0 Å². The van der Waals surface area contributed by atoms with E-state index in [0.29, 0.717) is 0 Å². The number of nitrogens with one attached hydrogen (secondary N) is 2. The molecule has 0 unspecified atom stereocenters. The molecule has 0 heterocycles. The van der Waals surface area contributed by atoms with E-state index in [-0.39, 0.29) is 18.7 Å². The number of amides is 1. The molecule has 0 aliphatic heterocycles. The zero-order valence-corrected chi connectivity index (χ0v) is 8.93. The Labute approximate surface area is 91.5 Å². The van der Waals surface area contributed by atoms with Gasteiger partial charge in [-0.15, -0.1) is 0 Å². The normalized spacial score (nSPS) is 25.0. The van der Waals surface area contributed by atoms with Crippen LogP contribution in [0.5, 0.6) is 0 Å². The fourth-order valence-corrected chi connectivity index (χ4v) is 1.42. The second-order valence-corrected chi connectivity index (χ2v) is 3.80. The summed E-state index contributed by atoms with van der Waals surface area (Å²) in [6.07, 6.45) is -2.56. The Hall–Kier alpha value is -0.820. The van der Waals surface area contributed by atoms with Crippen LogP contribution in [0.1, 0.15) is 12.8 Å². The summed E-state index contributed by atoms with van der Waals surface area (Å²) < 4.78 is 40.2. The summed E-state index contributed by atoms with van der Waals surface area (Å²) in [4.78, 5) is 11.0. The van der Waals surface area contributed by atoms with Crippen molar-refractivity contribution in [2.24, 2.45) is 0 Å². The van der Waals surface area contributed by atoms with Crippen molar-refractivity contribution in [1.29, 1.82) is 0 Å². The zero-order valence-electron chi connectivity index (χ0n) is 8.93. The maximum absolute atomic E-state index is 11.7. The minimum absolute atomic E-state index is 0.0861. The van der Waals surface area contributed by atoms with Crippen molar-refractivity contribution in [3.8, 4) is 0 Å². The second-order valence-electron chi connectivity index (χ2n) is 3.80. The lowest BCUT2D eigenvalue weighted by Gasteiger charge is -2.34. The van der Waals surface area contributed by atoms with Crippen LogP contribution in [0.3, 0.4) is 0 Å². The Morgan fingerprint density at radius 1 is 1.44 bits per heavy atom. The maximum Gasteiger partial charge on any atom is 0.405 e. The molecule has 1 amide bonds. The van der Waals surface area contributed by atoms with E-state index in [2.05, 4.69) is 5.32 Å². The van der Waals surface area contributed by atoms with Gasteiger partial charge in [-0.2, -0.15) is 13.2 Å². The van der Waals surface area contributed by atoms with Gasteiger partial charge < -0.3 is 15.4 Å². The number of carbonyl (C=O) groups is 1. The number of halogens is 3. The van der Waals surface area contributed by atoms with Gasteiger partial charge in [-0.3, -0.25) is 4.79 Å². The first-order chi connectivity index (χ1) is 7.40. The molecule has 2 N–H and O–H groups in total. The van der Waals surface area contributed by atoms with Crippen molar-refractivity contribution in [2.75, 3.05) is 20.2 Å². The molecule has 1 fully saturated rings. The van der Waals surface area contributed by atoms with Crippen LogP contribution in [-0.4, -0.2) is 44.4 Å². The summed E-state index contributed by atoms with van der Waals surface area (Å²) in [6, 6.07) is 0.168. The molecule has 1 aliphatic carbocycles. The van der Waals surface area contributed by atoms with Gasteiger partial charge in [0.15, 0.2) is 0 Å². The molecule has 1 rings (SSSR count). The molecule has 16 heavy (non-hydrogen) atoms. The molecule has 0 radical (unpaired) electrons. The minimum atomic E-state index is -4.35. The fraction of sp³-hybridized carbons (Fsp3) is 0.889. The van der Waals surface area contributed by atoms with Crippen LogP contribution in [0, 0.1) is 0 Å². The van der Waals surface area contributed by atoms with Crippen LogP contribution in [0.25, 0.3) is 0 Å². The van der Waals surface area contributed by atoms with Gasteiger partial charge in [0.25, 0.3) is 0 Å². The van der Waals surface area contributed by atoms with E-state index in [1.54, 1.807) is 12.4 Å². The number of alkyl halides is 3. The predicted octanol–water partition coefficient (Wildman–Crippen LogP) is 0.432. The molecule has 0 atom stereocenters. The highest BCUT2D eigenvalue weighted by Gasteiger charge is 2.30. The van der Waals surface area contributed by atoms with Crippen LogP contribution >= 0.6 is 0 Å². The van der Waals surface area contributed by atoms with Crippen LogP contribution in [0.4, 0.5) is 13.2 Å². The number of rotatable bonds is 5. The van der Waals surface area contributed by atoms with Crippen LogP contribution in [0.15, 0.2) is 0 Å². The van der Waals surface area contributed by atoms with Crippen molar-refractivity contribution in [2.45, 2.75) is 31.2 Å². The molecule has 0 aromatic rings. The highest BCUT2D eigenvalue weighted by Crippen LogP contribution is 2.22. The lowest BCUT2D eigenvalue weighted by Crippen LogP contribution is -2.49. The number of carbonyl (C=O) groups excluding carboxylic acids is 1. The Morgan fingerprint density at radius 2 is 2.06 bits per heavy atom. The third-order valence-electron chi connectivity index (χ3n) is 2.47. The number of ether oxygens (including phenoxy) is 1. The molecular weight excluding hydrogens is 225 g/mol. The fourth-order valence-electron chi connectivity index (χ4n) is 1.42. The highest BCUT2D eigenvalue weighted by atomic mass is 19.4. The third-order valence-corrected chi connectivity index (χ3v) is 2.47. The number of hydrogen-bond donors (Lipinski definition) is 2. The van der Waals surface area contributed by atoms with E-state index in [1.807, 2.05) is 0 Å². The van der Waals surface area contributed by atoms with E-state index >= 15 is 0 Å². The van der Waals surface area contributed by atoms with Gasteiger partial charge in [0.1, 0.15) is 6.54 Å². The summed E-state index contributed by atoms with van der Waals surface area (Å²) in [5.41, 5.74) is 0. The average molecular weight is 240 g/mol. The van der Waals surface area contributed by atoms with Crippen LogP contribution < -0.4 is 10.6 Å². The van der Waals surface area contributed by atoms with Gasteiger partial charge >= 0.3 is 6.18 Å². The summed E-state index contributed by atoms with van der Waals surface area (Å²) >= 11 is 0. The van der Waals surface area contributed by atoms with E-state index in [1.165, 1.54) is 0 Å². The summed E-state index contributed by atoms with van der Waals surface area (Å²) in [5.74, 6) is -0.641. The molecular formula is C9H15F3N2O2. The molecule has 4 nitrogen and oxygen atoms in total. The first-order valence-electron chi connectivity index (χ1n) is 5.00. The van der Waals surface area contributed by atoms with Crippen molar-refractivity contribution in [3.05, 3.63) is 0 Å². The van der Waals surface area contributed by atoms with Gasteiger partial charge in [-0.05, 0) is 12.8 Å². The average Bonchev–Trinajstić information content (AvgIpc) is 2.11. The SMILES string of the molecule is COC1CC(NCC(=O)NCC(F)(F)F)C1. The molecule has 0 spiro atoms. The number of hydrogen-bond acceptors (Lipinski definition) is 3. The van der Waals surface area contributed by atoms with Crippen LogP contribution in [0.2, 0.25) is 0 Å². The monoisotopic (exact) mass is 240 g/mol. The molecule has 1 saturated carbocycles. The number of methoxy groups -OCH3 is 1. The first-order valence-corrected chi connectivity index (χ1v) is 5.00. The molecule has 0 saturated heterocycles. The molecule has 0 aromatic heterocycles. The van der Waals surface area contributed by atoms with Crippen molar-refractivity contribution >= 4 is 5.91 Å². The Kier molecular flexibility index (Phi) is 4.55. The van der Waals surface area contributed by atoms with Gasteiger partial charge in [-0.25, -0.2) is 0 Å². The summed E-state index contributed by atoms with van der Waals surface area (Å²) in [6.45, 7) is -1.37. The van der Waals surface area contributed by atoms with Crippen molar-refractivity contribution in [1.82, 2.24) is 10.6 Å². The molecule has 0 aromatic carbocycles. The first kappa shape index (κ1) is 13.2. The van der Waals surface area contributed by atoms with E-state index in [9.17, 15) is 18.0 Å². The summed E-state index contributed by atoms with van der Waals surface area (Å²) in [7, 11) is 1.61. The van der Waals surface area contributed by atoms with Gasteiger partial charge in [0.05, 0.1) is 12.6 Å². The quantitative estimate of drug-likeness (QED) is 0.732. The molecule has 1 aliphatic rings. The van der Waals surface area contributed by atoms with E-state index in [0.717, 1.165) is 12.8 Å². The predicted molar refractivity (Wildman–Crippen MR) is 50.9 cm³/mol. The van der Waals surface area contributed by atoms with Crippen molar-refractivity contribution in [3.63, 3.8) is 0 Å². The highest BCUT2D eigenvalue weighted by molar-refractivity contribution is 5.78. The maximum atomic E-state index is 11.7. The molecule has 94 valence electrons. The van der Waals surface area contributed by atoms with E-state index < -0.39 is 18.6 Å². The van der Waals surface area contributed by atoms with Crippen molar-refractivity contribution < 1.29 is 22.7 Å². The summed E-state index contributed by atoms with van der Waals surface area (Å²) in [5, 5.41) is 4.65. The minimum Gasteiger partial charge on any atom is -0.381 e. The molecule has 0 bridgehead atoms. The van der Waals surface area contributed by atoms with E-state index in [4.69, 9.17) is 4.74 Å². The Balaban J connectivity index is 2.03. The Bertz CT molecular complexity index is 239. The van der Waals surface area contributed by atoms with Gasteiger partial charge in [0, 0.05) is 13.2 Å². The zero-order chi connectivity index (χ0) is 12.2. The third kappa shape index (κ3) is 4.80. The lowest BCUT2D eigenvalue weighted by molar-refractivity contribution is -0.138. The Morgan fingerprint density at radius 3 is 2.56 bits per heavy atom.